The molecule has 2 aromatic carbocycles. The molecule has 0 radical (unpaired) electrons. The summed E-state index contributed by atoms with van der Waals surface area (Å²) in [5.41, 5.74) is 0.911. The van der Waals surface area contributed by atoms with Crippen molar-refractivity contribution < 1.29 is 27.4 Å². The van der Waals surface area contributed by atoms with Gasteiger partial charge in [-0.25, -0.2) is 8.42 Å². The number of amides is 1. The van der Waals surface area contributed by atoms with Crippen LogP contribution in [0.15, 0.2) is 36.4 Å². The maximum absolute atomic E-state index is 12.3. The molecule has 0 fully saturated rings. The highest BCUT2D eigenvalue weighted by Crippen LogP contribution is 2.36. The van der Waals surface area contributed by atoms with Gasteiger partial charge in [0.1, 0.15) is 5.75 Å². The van der Waals surface area contributed by atoms with E-state index in [0.717, 1.165) is 6.26 Å². The summed E-state index contributed by atoms with van der Waals surface area (Å²) in [5, 5.41) is 3.20. The molecule has 29 heavy (non-hydrogen) atoms. The van der Waals surface area contributed by atoms with Crippen molar-refractivity contribution in [2.45, 2.75) is 12.8 Å². The third-order valence-electron chi connectivity index (χ3n) is 4.25. The zero-order chi connectivity index (χ0) is 21.0. The number of halogens is 1. The van der Waals surface area contributed by atoms with Crippen molar-refractivity contribution in [3.63, 3.8) is 0 Å². The average Bonchev–Trinajstić information content (AvgIpc) is 3.12. The lowest BCUT2D eigenvalue weighted by atomic mass is 10.2. The van der Waals surface area contributed by atoms with E-state index in [-0.39, 0.29) is 25.7 Å². The summed E-state index contributed by atoms with van der Waals surface area (Å²) in [6, 6.07) is 9.82. The first-order chi connectivity index (χ1) is 13.8. The van der Waals surface area contributed by atoms with E-state index in [1.54, 1.807) is 36.4 Å². The second-order valence-corrected chi connectivity index (χ2v) is 8.71. The molecule has 3 rings (SSSR count). The Morgan fingerprint density at radius 2 is 1.97 bits per heavy atom. The molecule has 0 unspecified atom stereocenters. The van der Waals surface area contributed by atoms with Crippen LogP contribution in [0.25, 0.3) is 0 Å². The molecule has 156 valence electrons. The van der Waals surface area contributed by atoms with Crippen molar-refractivity contribution in [2.24, 2.45) is 0 Å². The molecule has 0 saturated carbocycles. The molecular formula is C19H21ClN2O6S. The lowest BCUT2D eigenvalue weighted by molar-refractivity contribution is -0.116. The van der Waals surface area contributed by atoms with Crippen molar-refractivity contribution in [2.75, 3.05) is 36.3 Å². The van der Waals surface area contributed by atoms with Gasteiger partial charge < -0.3 is 19.5 Å². The Kier molecular flexibility index (Phi) is 6.39. The van der Waals surface area contributed by atoms with Crippen molar-refractivity contribution in [1.29, 1.82) is 0 Å². The average molecular weight is 441 g/mol. The van der Waals surface area contributed by atoms with E-state index in [1.807, 2.05) is 0 Å². The minimum Gasteiger partial charge on any atom is -0.495 e. The number of benzene rings is 2. The van der Waals surface area contributed by atoms with Gasteiger partial charge >= 0.3 is 0 Å². The summed E-state index contributed by atoms with van der Waals surface area (Å²) in [7, 11) is -2.05. The SMILES string of the molecule is COc1ccc(Cl)cc1NC(=O)CCCN(c1ccc2c(c1)OCO2)S(C)(=O)=O. The van der Waals surface area contributed by atoms with Gasteiger partial charge in [0.25, 0.3) is 0 Å². The van der Waals surface area contributed by atoms with E-state index in [4.69, 9.17) is 25.8 Å². The molecule has 2 aromatic rings. The van der Waals surface area contributed by atoms with E-state index >= 15 is 0 Å². The fourth-order valence-electron chi connectivity index (χ4n) is 2.90. The fourth-order valence-corrected chi connectivity index (χ4v) is 4.03. The number of rotatable bonds is 8. The Labute approximate surface area is 174 Å². The first-order valence-corrected chi connectivity index (χ1v) is 11.0. The van der Waals surface area contributed by atoms with Crippen molar-refractivity contribution in [1.82, 2.24) is 0 Å². The van der Waals surface area contributed by atoms with E-state index in [9.17, 15) is 13.2 Å². The molecular weight excluding hydrogens is 420 g/mol. The van der Waals surface area contributed by atoms with Crippen LogP contribution in [-0.2, 0) is 14.8 Å². The van der Waals surface area contributed by atoms with Gasteiger partial charge in [0.15, 0.2) is 11.5 Å². The monoisotopic (exact) mass is 440 g/mol. The third kappa shape index (κ3) is 5.24. The van der Waals surface area contributed by atoms with Crippen molar-refractivity contribution in [3.05, 3.63) is 41.4 Å². The number of sulfonamides is 1. The Morgan fingerprint density at radius 3 is 2.69 bits per heavy atom. The number of ether oxygens (including phenoxy) is 3. The predicted octanol–water partition coefficient (Wildman–Crippen LogP) is 3.26. The van der Waals surface area contributed by atoms with Crippen LogP contribution in [0, 0.1) is 0 Å². The first kappa shape index (κ1) is 21.1. The molecule has 10 heteroatoms. The minimum atomic E-state index is -3.54. The topological polar surface area (TPSA) is 94.2 Å². The predicted molar refractivity (Wildman–Crippen MR) is 111 cm³/mol. The molecule has 0 saturated heterocycles. The van der Waals surface area contributed by atoms with Crippen molar-refractivity contribution >= 4 is 38.9 Å². The summed E-state index contributed by atoms with van der Waals surface area (Å²) in [4.78, 5) is 12.3. The number of methoxy groups -OCH3 is 1. The molecule has 1 aliphatic rings. The van der Waals surface area contributed by atoms with Gasteiger partial charge in [0.05, 0.1) is 24.7 Å². The standard InChI is InChI=1S/C19H21ClN2O6S/c1-26-16-7-5-13(20)10-15(16)21-19(23)4-3-9-22(29(2,24)25)14-6-8-17-18(11-14)28-12-27-17/h5-8,10-11H,3-4,9,12H2,1-2H3,(H,21,23). The highest BCUT2D eigenvalue weighted by molar-refractivity contribution is 7.92. The zero-order valence-electron chi connectivity index (χ0n) is 16.0. The number of hydrogen-bond donors (Lipinski definition) is 1. The number of nitrogens with zero attached hydrogens (tertiary/aromatic N) is 1. The molecule has 0 aliphatic carbocycles. The quantitative estimate of drug-likeness (QED) is 0.677. The molecule has 1 heterocycles. The molecule has 8 nitrogen and oxygen atoms in total. The zero-order valence-corrected chi connectivity index (χ0v) is 17.5. The lowest BCUT2D eigenvalue weighted by Crippen LogP contribution is -2.31. The number of nitrogens with one attached hydrogen (secondary N) is 1. The van der Waals surface area contributed by atoms with Gasteiger partial charge in [-0.2, -0.15) is 0 Å². The fraction of sp³-hybridized carbons (Fsp3) is 0.316. The third-order valence-corrected chi connectivity index (χ3v) is 5.67. The van der Waals surface area contributed by atoms with Crippen LogP contribution in [0.3, 0.4) is 0 Å². The van der Waals surface area contributed by atoms with Crippen LogP contribution in [-0.4, -0.2) is 41.0 Å². The number of fused-ring (bicyclic) bond motifs is 1. The molecule has 1 aliphatic heterocycles. The largest absolute Gasteiger partial charge is 0.495 e. The molecule has 1 amide bonds. The highest BCUT2D eigenvalue weighted by Gasteiger charge is 2.21. The highest BCUT2D eigenvalue weighted by atomic mass is 35.5. The van der Waals surface area contributed by atoms with E-state index in [1.165, 1.54) is 11.4 Å². The molecule has 0 spiro atoms. The summed E-state index contributed by atoms with van der Waals surface area (Å²) >= 11 is 5.96. The number of carbonyl (C=O) groups excluding carboxylic acids is 1. The first-order valence-electron chi connectivity index (χ1n) is 8.78. The summed E-state index contributed by atoms with van der Waals surface area (Å²) < 4.78 is 41.5. The maximum atomic E-state index is 12.3. The maximum Gasteiger partial charge on any atom is 0.232 e. The van der Waals surface area contributed by atoms with E-state index in [2.05, 4.69) is 5.32 Å². The van der Waals surface area contributed by atoms with Crippen LogP contribution >= 0.6 is 11.6 Å². The lowest BCUT2D eigenvalue weighted by Gasteiger charge is -2.22. The minimum absolute atomic E-state index is 0.102. The van der Waals surface area contributed by atoms with Gasteiger partial charge in [-0.15, -0.1) is 0 Å². The van der Waals surface area contributed by atoms with Gasteiger partial charge in [-0.05, 0) is 36.8 Å². The second kappa shape index (κ2) is 8.79. The summed E-state index contributed by atoms with van der Waals surface area (Å²) in [6.07, 6.45) is 1.55. The number of anilines is 2. The van der Waals surface area contributed by atoms with Gasteiger partial charge in [-0.3, -0.25) is 9.10 Å². The molecule has 0 bridgehead atoms. The van der Waals surface area contributed by atoms with Gasteiger partial charge in [0.2, 0.25) is 22.7 Å². The van der Waals surface area contributed by atoms with Crippen LogP contribution < -0.4 is 23.8 Å². The number of hydrogen-bond acceptors (Lipinski definition) is 6. The smallest absolute Gasteiger partial charge is 0.232 e. The Morgan fingerprint density at radius 1 is 1.21 bits per heavy atom. The van der Waals surface area contributed by atoms with Crippen LogP contribution in [0.2, 0.25) is 5.02 Å². The normalized spacial score (nSPS) is 12.5. The summed E-state index contributed by atoms with van der Waals surface area (Å²) in [6.45, 7) is 0.239. The summed E-state index contributed by atoms with van der Waals surface area (Å²) in [5.74, 6) is 1.27. The van der Waals surface area contributed by atoms with Crippen LogP contribution in [0.1, 0.15) is 12.8 Å². The van der Waals surface area contributed by atoms with Gasteiger partial charge in [0, 0.05) is 24.1 Å². The Bertz CT molecular complexity index is 1010. The van der Waals surface area contributed by atoms with Crippen LogP contribution in [0.4, 0.5) is 11.4 Å². The number of carbonyl (C=O) groups is 1. The molecule has 0 aromatic heterocycles. The second-order valence-electron chi connectivity index (χ2n) is 6.37. The van der Waals surface area contributed by atoms with Gasteiger partial charge in [-0.1, -0.05) is 11.6 Å². The van der Waals surface area contributed by atoms with E-state index < -0.39 is 10.0 Å². The van der Waals surface area contributed by atoms with E-state index in [0.29, 0.717) is 40.1 Å². The molecule has 0 atom stereocenters. The Hall–Kier alpha value is -2.65. The Balaban J connectivity index is 1.64. The van der Waals surface area contributed by atoms with Crippen molar-refractivity contribution in [3.8, 4) is 17.2 Å². The molecule has 1 N–H and O–H groups in total. The van der Waals surface area contributed by atoms with Crippen LogP contribution in [0.5, 0.6) is 17.2 Å².